The topological polar surface area (TPSA) is 166 Å². The fourth-order valence-corrected chi connectivity index (χ4v) is 4.55. The van der Waals surface area contributed by atoms with E-state index >= 15 is 0 Å². The van der Waals surface area contributed by atoms with E-state index in [2.05, 4.69) is 9.72 Å². The molecule has 0 amide bonds. The van der Waals surface area contributed by atoms with Crippen LogP contribution in [0.15, 0.2) is 35.4 Å². The molecule has 0 spiro atoms. The van der Waals surface area contributed by atoms with Crippen LogP contribution in [0.3, 0.4) is 0 Å². The second kappa shape index (κ2) is 10.2. The van der Waals surface area contributed by atoms with Gasteiger partial charge in [-0.15, -0.1) is 0 Å². The Balaban J connectivity index is 1.83. The molecule has 0 aliphatic carbocycles. The van der Waals surface area contributed by atoms with E-state index in [1.54, 1.807) is 6.07 Å². The quantitative estimate of drug-likeness (QED) is 0.285. The van der Waals surface area contributed by atoms with E-state index in [0.717, 1.165) is 22.6 Å². The van der Waals surface area contributed by atoms with E-state index in [4.69, 9.17) is 20.3 Å². The fraction of sp³-hybridized carbons (Fsp3) is 0.350. The molecule has 1 aliphatic rings. The van der Waals surface area contributed by atoms with Gasteiger partial charge in [0.25, 0.3) is 0 Å². The summed E-state index contributed by atoms with van der Waals surface area (Å²) in [4.78, 5) is 13.2. The first-order chi connectivity index (χ1) is 16.8. The molecule has 1 aromatic heterocycles. The molecule has 11 nitrogen and oxygen atoms in total. The van der Waals surface area contributed by atoms with Crippen molar-refractivity contribution in [2.75, 3.05) is 26.3 Å². The highest BCUT2D eigenvalue weighted by atomic mass is 32.2. The van der Waals surface area contributed by atoms with Gasteiger partial charge in [0.05, 0.1) is 12.2 Å². The summed E-state index contributed by atoms with van der Waals surface area (Å²) < 4.78 is 82.9. The highest BCUT2D eigenvalue weighted by molar-refractivity contribution is 7.89. The Labute approximate surface area is 201 Å². The summed E-state index contributed by atoms with van der Waals surface area (Å²) in [5, 5.41) is 38.1. The summed E-state index contributed by atoms with van der Waals surface area (Å²) in [7, 11) is -4.30. The van der Waals surface area contributed by atoms with Gasteiger partial charge in [0.1, 0.15) is 34.1 Å². The Morgan fingerprint density at radius 2 is 1.94 bits per heavy atom. The first kappa shape index (κ1) is 27.1. The molecule has 1 aromatic carbocycles. The molecule has 1 unspecified atom stereocenters. The van der Waals surface area contributed by atoms with Crippen LogP contribution in [-0.4, -0.2) is 72.1 Å². The SMILES string of the molecule is N#Cc1ccc(S(=O)(=O)N2CC(OOc3cc(F)c(C#N)cc3OCC(F)(F)F)[C@](O)(CO)C2)cn1. The molecule has 1 saturated heterocycles. The van der Waals surface area contributed by atoms with Gasteiger partial charge in [0.2, 0.25) is 15.8 Å². The zero-order valence-electron chi connectivity index (χ0n) is 17.9. The monoisotopic (exact) mass is 532 g/mol. The highest BCUT2D eigenvalue weighted by Gasteiger charge is 2.51. The lowest BCUT2D eigenvalue weighted by atomic mass is 10.0. The number of rotatable bonds is 8. The Bertz CT molecular complexity index is 1310. The van der Waals surface area contributed by atoms with Crippen LogP contribution >= 0.6 is 0 Å². The molecule has 0 radical (unpaired) electrons. The summed E-state index contributed by atoms with van der Waals surface area (Å²) in [5.41, 5.74) is -2.93. The minimum atomic E-state index is -4.78. The van der Waals surface area contributed by atoms with Gasteiger partial charge in [0.15, 0.2) is 18.5 Å². The number of β-amino-alcohol motifs (C(OH)–C–C–N with tert-alkyl or cyclic N) is 1. The summed E-state index contributed by atoms with van der Waals surface area (Å²) in [6.07, 6.45) is -5.46. The van der Waals surface area contributed by atoms with Crippen molar-refractivity contribution in [3.8, 4) is 23.6 Å². The fourth-order valence-electron chi connectivity index (χ4n) is 3.10. The summed E-state index contributed by atoms with van der Waals surface area (Å²) in [6, 6.07) is 6.55. The molecule has 2 atom stereocenters. The summed E-state index contributed by atoms with van der Waals surface area (Å²) in [5.74, 6) is -2.64. The smallest absolute Gasteiger partial charge is 0.422 e. The summed E-state index contributed by atoms with van der Waals surface area (Å²) in [6.45, 7) is -4.11. The third kappa shape index (κ3) is 5.81. The van der Waals surface area contributed by atoms with Crippen LogP contribution in [-0.2, 0) is 14.9 Å². The Morgan fingerprint density at radius 3 is 2.50 bits per heavy atom. The number of hydrogen-bond donors (Lipinski definition) is 2. The number of aromatic nitrogens is 1. The maximum absolute atomic E-state index is 14.0. The standard InChI is InChI=1S/C20H16F4N4O7S/c21-15-4-17(16(3-12(15)5-25)33-11-20(22,23)24)34-35-18-8-28(9-19(18,30)10-29)36(31,32)14-2-1-13(6-26)27-7-14/h1-4,7,18,29-30H,8-11H2/t18?,19-/m1/s1. The number of aliphatic hydroxyl groups is 2. The van der Waals surface area contributed by atoms with Crippen LogP contribution in [0.2, 0.25) is 0 Å². The zero-order valence-corrected chi connectivity index (χ0v) is 18.8. The third-order valence-corrected chi connectivity index (χ3v) is 6.78. The van der Waals surface area contributed by atoms with Gasteiger partial charge in [-0.05, 0) is 12.1 Å². The largest absolute Gasteiger partial charge is 0.480 e. The predicted molar refractivity (Wildman–Crippen MR) is 108 cm³/mol. The van der Waals surface area contributed by atoms with Crippen LogP contribution in [0, 0.1) is 28.5 Å². The Morgan fingerprint density at radius 1 is 1.22 bits per heavy atom. The maximum Gasteiger partial charge on any atom is 0.422 e. The summed E-state index contributed by atoms with van der Waals surface area (Å²) >= 11 is 0. The van der Waals surface area contributed by atoms with E-state index < -0.39 is 77.1 Å². The molecule has 16 heteroatoms. The first-order valence-corrected chi connectivity index (χ1v) is 11.2. The number of nitrogens with zero attached hydrogens (tertiary/aromatic N) is 4. The molecule has 1 fully saturated rings. The average Bonchev–Trinajstić information content (AvgIpc) is 3.19. The highest BCUT2D eigenvalue weighted by Crippen LogP contribution is 2.34. The predicted octanol–water partition coefficient (Wildman–Crippen LogP) is 1.01. The number of ether oxygens (including phenoxy) is 1. The number of sulfonamides is 1. The normalized spacial score (nSPS) is 20.5. The minimum Gasteiger partial charge on any atom is -0.480 e. The van der Waals surface area contributed by atoms with Crippen molar-refractivity contribution in [2.24, 2.45) is 0 Å². The first-order valence-electron chi connectivity index (χ1n) is 9.79. The third-order valence-electron chi connectivity index (χ3n) is 4.98. The second-order valence-electron chi connectivity index (χ2n) is 7.51. The molecule has 0 bridgehead atoms. The van der Waals surface area contributed by atoms with Crippen LogP contribution < -0.4 is 9.62 Å². The van der Waals surface area contributed by atoms with E-state index in [9.17, 15) is 36.2 Å². The number of alkyl halides is 3. The zero-order chi connectivity index (χ0) is 26.7. The lowest BCUT2D eigenvalue weighted by Gasteiger charge is -2.25. The van der Waals surface area contributed by atoms with Crippen molar-refractivity contribution in [1.82, 2.24) is 9.29 Å². The van der Waals surface area contributed by atoms with Crippen molar-refractivity contribution in [1.29, 1.82) is 10.5 Å². The molecular weight excluding hydrogens is 516 g/mol. The van der Waals surface area contributed by atoms with Gasteiger partial charge in [-0.3, -0.25) is 0 Å². The van der Waals surface area contributed by atoms with Crippen molar-refractivity contribution in [3.05, 3.63) is 47.5 Å². The molecule has 3 rings (SSSR count). The van der Waals surface area contributed by atoms with Gasteiger partial charge in [0, 0.05) is 31.4 Å². The van der Waals surface area contributed by atoms with Crippen molar-refractivity contribution < 1.29 is 50.7 Å². The van der Waals surface area contributed by atoms with Crippen LogP contribution in [0.5, 0.6) is 11.5 Å². The van der Waals surface area contributed by atoms with Gasteiger partial charge < -0.3 is 19.8 Å². The number of hydrogen-bond acceptors (Lipinski definition) is 10. The van der Waals surface area contributed by atoms with Gasteiger partial charge in [-0.1, -0.05) is 0 Å². The molecule has 1 aliphatic heterocycles. The minimum absolute atomic E-state index is 0.0463. The molecule has 2 heterocycles. The second-order valence-corrected chi connectivity index (χ2v) is 9.45. The average molecular weight is 532 g/mol. The molecule has 192 valence electrons. The number of pyridine rings is 1. The Kier molecular flexibility index (Phi) is 7.68. The lowest BCUT2D eigenvalue weighted by Crippen LogP contribution is -2.47. The maximum atomic E-state index is 14.0. The van der Waals surface area contributed by atoms with Gasteiger partial charge in [-0.25, -0.2) is 17.8 Å². The van der Waals surface area contributed by atoms with Gasteiger partial charge >= 0.3 is 6.18 Å². The molecule has 0 saturated carbocycles. The van der Waals surface area contributed by atoms with E-state index in [-0.39, 0.29) is 10.6 Å². The lowest BCUT2D eigenvalue weighted by molar-refractivity contribution is -0.278. The van der Waals surface area contributed by atoms with Crippen molar-refractivity contribution >= 4 is 10.0 Å². The van der Waals surface area contributed by atoms with Crippen LogP contribution in [0.4, 0.5) is 17.6 Å². The Hall–Kier alpha value is -3.54. The number of nitriles is 2. The van der Waals surface area contributed by atoms with Crippen molar-refractivity contribution in [2.45, 2.75) is 22.8 Å². The molecular formula is C20H16F4N4O7S. The van der Waals surface area contributed by atoms with Crippen LogP contribution in [0.1, 0.15) is 11.3 Å². The molecule has 2 aromatic rings. The number of benzene rings is 1. The van der Waals surface area contributed by atoms with E-state index in [0.29, 0.717) is 12.1 Å². The van der Waals surface area contributed by atoms with Gasteiger partial charge in [-0.2, -0.15) is 32.9 Å². The molecule has 2 N–H and O–H groups in total. The number of halogens is 4. The van der Waals surface area contributed by atoms with E-state index in [1.807, 2.05) is 0 Å². The molecule has 36 heavy (non-hydrogen) atoms. The number of aliphatic hydroxyl groups excluding tert-OH is 1. The van der Waals surface area contributed by atoms with Crippen molar-refractivity contribution in [3.63, 3.8) is 0 Å². The van der Waals surface area contributed by atoms with Crippen LogP contribution in [0.25, 0.3) is 0 Å². The van der Waals surface area contributed by atoms with E-state index in [1.165, 1.54) is 6.07 Å².